The summed E-state index contributed by atoms with van der Waals surface area (Å²) in [6, 6.07) is 52.7. The first-order valence-corrected chi connectivity index (χ1v) is 16.9. The molecule has 0 bridgehead atoms. The molecule has 2 aliphatic rings. The van der Waals surface area contributed by atoms with Crippen LogP contribution in [0.25, 0.3) is 65.6 Å². The van der Waals surface area contributed by atoms with Crippen LogP contribution in [0.1, 0.15) is 0 Å². The van der Waals surface area contributed by atoms with Crippen LogP contribution < -0.4 is 15.5 Å². The Hall–Kier alpha value is -6.39. The van der Waals surface area contributed by atoms with Crippen molar-refractivity contribution in [3.63, 3.8) is 0 Å². The molecule has 8 aromatic rings. The van der Waals surface area contributed by atoms with E-state index in [9.17, 15) is 0 Å². The van der Waals surface area contributed by atoms with Crippen LogP contribution in [0.15, 0.2) is 170 Å². The number of benzene rings is 7. The van der Waals surface area contributed by atoms with E-state index < -0.39 is 0 Å². The SMILES string of the molecule is C1=CNC(C2Nc3ccccc3N2c2ccc(-c3ccc(-c4c5ccc6ccccc6c5nc5c4ccc4ccccc45)cc3)cc2)C=C1. The second-order valence-corrected chi connectivity index (χ2v) is 12.9. The van der Waals surface area contributed by atoms with Crippen LogP contribution in [-0.4, -0.2) is 17.2 Å². The zero-order valence-corrected chi connectivity index (χ0v) is 26.7. The van der Waals surface area contributed by atoms with Crippen LogP contribution in [0, 0.1) is 0 Å². The molecule has 0 saturated carbocycles. The Labute approximate surface area is 284 Å². The number of rotatable bonds is 4. The second-order valence-electron chi connectivity index (χ2n) is 12.9. The van der Waals surface area contributed by atoms with Crippen molar-refractivity contribution in [2.75, 3.05) is 10.2 Å². The standard InChI is InChI=1S/C45H32N4/c1-3-11-35-31(9-1)22-26-37-42(38-27-23-32-10-2-4-12-36(32)44(38)48-43(35)37)33-18-16-29(17-19-33)30-20-24-34(25-21-30)49-41-15-6-5-13-39(41)47-45(49)40-14-7-8-28-46-40/h1-28,40,45-47H. The van der Waals surface area contributed by atoms with E-state index in [4.69, 9.17) is 4.98 Å². The van der Waals surface area contributed by atoms with E-state index in [1.807, 2.05) is 12.3 Å². The fourth-order valence-electron chi connectivity index (χ4n) is 7.75. The molecule has 3 heterocycles. The van der Waals surface area contributed by atoms with Crippen molar-refractivity contribution < 1.29 is 0 Å². The predicted octanol–water partition coefficient (Wildman–Crippen LogP) is 11.0. The van der Waals surface area contributed by atoms with Crippen molar-refractivity contribution in [1.29, 1.82) is 0 Å². The van der Waals surface area contributed by atoms with Gasteiger partial charge in [-0.2, -0.15) is 0 Å². The van der Waals surface area contributed by atoms with Gasteiger partial charge in [0.2, 0.25) is 0 Å². The Balaban J connectivity index is 1.05. The quantitative estimate of drug-likeness (QED) is 0.150. The normalized spacial score (nSPS) is 16.7. The summed E-state index contributed by atoms with van der Waals surface area (Å²) < 4.78 is 0. The summed E-state index contributed by atoms with van der Waals surface area (Å²) in [5, 5.41) is 14.4. The van der Waals surface area contributed by atoms with Gasteiger partial charge in [-0.3, -0.25) is 0 Å². The Morgan fingerprint density at radius 2 is 1.10 bits per heavy atom. The van der Waals surface area contributed by atoms with Crippen LogP contribution in [-0.2, 0) is 0 Å². The minimum absolute atomic E-state index is 0.0583. The predicted molar refractivity (Wildman–Crippen MR) is 206 cm³/mol. The maximum absolute atomic E-state index is 5.36. The number of fused-ring (bicyclic) bond motifs is 7. The highest BCUT2D eigenvalue weighted by atomic mass is 15.4. The molecule has 0 amide bonds. The molecule has 0 radical (unpaired) electrons. The molecule has 2 aliphatic heterocycles. The summed E-state index contributed by atoms with van der Waals surface area (Å²) in [7, 11) is 0. The third kappa shape index (κ3) is 4.49. The van der Waals surface area contributed by atoms with Gasteiger partial charge in [0, 0.05) is 32.8 Å². The molecule has 49 heavy (non-hydrogen) atoms. The first kappa shape index (κ1) is 27.7. The third-order valence-electron chi connectivity index (χ3n) is 10.1. The number of aromatic nitrogens is 1. The van der Waals surface area contributed by atoms with Crippen LogP contribution >= 0.6 is 0 Å². The molecule has 0 aliphatic carbocycles. The van der Waals surface area contributed by atoms with Gasteiger partial charge in [-0.05, 0) is 64.0 Å². The van der Waals surface area contributed by atoms with Gasteiger partial charge in [0.1, 0.15) is 6.17 Å². The van der Waals surface area contributed by atoms with Gasteiger partial charge >= 0.3 is 0 Å². The van der Waals surface area contributed by atoms with Crippen LogP contribution in [0.4, 0.5) is 17.1 Å². The number of anilines is 3. The highest BCUT2D eigenvalue weighted by Gasteiger charge is 2.34. The minimum atomic E-state index is 0.0583. The molecule has 2 N–H and O–H groups in total. The number of nitrogens with zero attached hydrogens (tertiary/aromatic N) is 2. The maximum Gasteiger partial charge on any atom is 0.128 e. The van der Waals surface area contributed by atoms with Crippen molar-refractivity contribution >= 4 is 60.4 Å². The number of dihydropyridines is 1. The van der Waals surface area contributed by atoms with Gasteiger partial charge < -0.3 is 15.5 Å². The van der Waals surface area contributed by atoms with Crippen molar-refractivity contribution in [3.8, 4) is 22.3 Å². The molecule has 10 rings (SSSR count). The summed E-state index contributed by atoms with van der Waals surface area (Å²) in [6.45, 7) is 0. The molecule has 0 saturated heterocycles. The lowest BCUT2D eigenvalue weighted by molar-refractivity contribution is 0.591. The monoisotopic (exact) mass is 628 g/mol. The number of allylic oxidation sites excluding steroid dienone is 2. The highest BCUT2D eigenvalue weighted by molar-refractivity contribution is 6.21. The molecule has 232 valence electrons. The molecule has 2 unspecified atom stereocenters. The van der Waals surface area contributed by atoms with Crippen LogP contribution in [0.5, 0.6) is 0 Å². The summed E-state index contributed by atoms with van der Waals surface area (Å²) in [5.74, 6) is 0. The van der Waals surface area contributed by atoms with Gasteiger partial charge in [0.05, 0.1) is 28.5 Å². The lowest BCUT2D eigenvalue weighted by Gasteiger charge is -2.33. The first-order chi connectivity index (χ1) is 24.3. The second kappa shape index (κ2) is 11.1. The summed E-state index contributed by atoms with van der Waals surface area (Å²) in [6.07, 6.45) is 8.43. The number of nitrogens with one attached hydrogen (secondary N) is 2. The van der Waals surface area contributed by atoms with E-state index in [0.717, 1.165) is 22.4 Å². The lowest BCUT2D eigenvalue weighted by atomic mass is 9.91. The van der Waals surface area contributed by atoms with E-state index >= 15 is 0 Å². The third-order valence-corrected chi connectivity index (χ3v) is 10.1. The van der Waals surface area contributed by atoms with Crippen LogP contribution in [0.2, 0.25) is 0 Å². The molecule has 7 aromatic carbocycles. The molecular weight excluding hydrogens is 597 g/mol. The average Bonchev–Trinajstić information content (AvgIpc) is 3.57. The number of para-hydroxylation sites is 2. The Bertz CT molecular complexity index is 2530. The first-order valence-electron chi connectivity index (χ1n) is 16.9. The van der Waals surface area contributed by atoms with Gasteiger partial charge in [-0.1, -0.05) is 133 Å². The van der Waals surface area contributed by atoms with Gasteiger partial charge in [-0.25, -0.2) is 4.98 Å². The van der Waals surface area contributed by atoms with Crippen molar-refractivity contribution in [3.05, 3.63) is 170 Å². The van der Waals surface area contributed by atoms with Crippen molar-refractivity contribution in [1.82, 2.24) is 10.3 Å². The molecule has 1 aromatic heterocycles. The lowest BCUT2D eigenvalue weighted by Crippen LogP contribution is -2.48. The van der Waals surface area contributed by atoms with E-state index in [0.29, 0.717) is 0 Å². The largest absolute Gasteiger partial charge is 0.381 e. The number of hydrogen-bond acceptors (Lipinski definition) is 4. The van der Waals surface area contributed by atoms with E-state index in [1.165, 1.54) is 60.3 Å². The number of hydrogen-bond donors (Lipinski definition) is 2. The van der Waals surface area contributed by atoms with Gasteiger partial charge in [-0.15, -0.1) is 0 Å². The smallest absolute Gasteiger partial charge is 0.128 e. The zero-order valence-electron chi connectivity index (χ0n) is 26.7. The molecule has 4 heteroatoms. The van der Waals surface area contributed by atoms with E-state index in [2.05, 4.69) is 173 Å². The fourth-order valence-corrected chi connectivity index (χ4v) is 7.75. The topological polar surface area (TPSA) is 40.2 Å². The summed E-state index contributed by atoms with van der Waals surface area (Å²) in [4.78, 5) is 7.76. The zero-order chi connectivity index (χ0) is 32.3. The molecular formula is C45H32N4. The summed E-state index contributed by atoms with van der Waals surface area (Å²) >= 11 is 0. The van der Waals surface area contributed by atoms with Crippen LogP contribution in [0.3, 0.4) is 0 Å². The minimum Gasteiger partial charge on any atom is -0.381 e. The maximum atomic E-state index is 5.36. The van der Waals surface area contributed by atoms with E-state index in [-0.39, 0.29) is 12.2 Å². The number of pyridine rings is 1. The van der Waals surface area contributed by atoms with E-state index in [1.54, 1.807) is 0 Å². The Kier molecular flexibility index (Phi) is 6.28. The molecule has 0 spiro atoms. The van der Waals surface area contributed by atoms with Crippen molar-refractivity contribution in [2.24, 2.45) is 0 Å². The Morgan fingerprint density at radius 1 is 0.510 bits per heavy atom. The Morgan fingerprint density at radius 3 is 1.76 bits per heavy atom. The molecule has 2 atom stereocenters. The summed E-state index contributed by atoms with van der Waals surface area (Å²) in [5.41, 5.74) is 10.4. The highest BCUT2D eigenvalue weighted by Crippen LogP contribution is 2.43. The fraction of sp³-hybridized carbons (Fsp3) is 0.0444. The van der Waals surface area contributed by atoms with Gasteiger partial charge in [0.15, 0.2) is 0 Å². The molecule has 4 nitrogen and oxygen atoms in total. The molecule has 0 fully saturated rings. The van der Waals surface area contributed by atoms with Gasteiger partial charge in [0.25, 0.3) is 0 Å². The average molecular weight is 629 g/mol. The van der Waals surface area contributed by atoms with Crippen molar-refractivity contribution in [2.45, 2.75) is 12.2 Å².